The Labute approximate surface area is 139 Å². The van der Waals surface area contributed by atoms with Crippen LogP contribution in [-0.4, -0.2) is 41.5 Å². The first kappa shape index (κ1) is 18.6. The predicted octanol–water partition coefficient (Wildman–Crippen LogP) is 2.09. The maximum Gasteiger partial charge on any atom is 0.471 e. The number of hydrogen-bond acceptors (Lipinski definition) is 3. The summed E-state index contributed by atoms with van der Waals surface area (Å²) in [7, 11) is 0. The summed E-state index contributed by atoms with van der Waals surface area (Å²) in [6, 6.07) is 0.0957. The number of likely N-dealkylation sites (tertiary alicyclic amines) is 1. The van der Waals surface area contributed by atoms with Crippen molar-refractivity contribution >= 4 is 11.8 Å². The van der Waals surface area contributed by atoms with Gasteiger partial charge in [-0.1, -0.05) is 34.6 Å². The zero-order chi connectivity index (χ0) is 18.7. The van der Waals surface area contributed by atoms with Gasteiger partial charge in [0.25, 0.3) is 0 Å². The molecule has 0 radical (unpaired) electrons. The summed E-state index contributed by atoms with van der Waals surface area (Å²) >= 11 is 0. The van der Waals surface area contributed by atoms with Crippen LogP contribution in [0.1, 0.15) is 34.6 Å². The van der Waals surface area contributed by atoms with Crippen molar-refractivity contribution in [2.75, 3.05) is 6.54 Å². The first-order chi connectivity index (χ1) is 10.7. The van der Waals surface area contributed by atoms with Crippen LogP contribution in [0, 0.1) is 34.0 Å². The molecular weight excluding hydrogens is 323 g/mol. The summed E-state index contributed by atoms with van der Waals surface area (Å²) in [5.74, 6) is -2.57. The van der Waals surface area contributed by atoms with Crippen LogP contribution in [0.25, 0.3) is 0 Å². The molecule has 134 valence electrons. The lowest BCUT2D eigenvalue weighted by molar-refractivity contribution is -0.176. The number of hydrogen-bond donors (Lipinski definition) is 1. The smallest absolute Gasteiger partial charge is 0.336 e. The number of carbonyl (C=O) groups is 2. The number of fused-ring (bicyclic) bond motifs is 1. The van der Waals surface area contributed by atoms with E-state index in [0.29, 0.717) is 6.54 Å². The molecule has 1 saturated carbocycles. The van der Waals surface area contributed by atoms with Crippen LogP contribution in [0.2, 0.25) is 0 Å². The van der Waals surface area contributed by atoms with E-state index in [-0.39, 0.29) is 17.3 Å². The first-order valence-electron chi connectivity index (χ1n) is 7.80. The third-order valence-corrected chi connectivity index (χ3v) is 5.27. The molecule has 4 atom stereocenters. The zero-order valence-electron chi connectivity index (χ0n) is 14.4. The highest BCUT2D eigenvalue weighted by atomic mass is 19.4. The highest BCUT2D eigenvalue weighted by molar-refractivity contribution is 5.91. The standard InChI is InChI=1S/C16H22F3N3O2/c1-14(2,3)11(21-13(24)16(17,18)19)12(23)22-7-8-10(9(22)6-20)15(8,4)5/h8-11H,7H2,1-5H3,(H,21,24)/t8-,9+,10-,11+/m0/s1. The molecule has 0 aromatic rings. The number of nitrogens with one attached hydrogen (secondary N) is 1. The summed E-state index contributed by atoms with van der Waals surface area (Å²) < 4.78 is 37.7. The average molecular weight is 345 g/mol. The van der Waals surface area contributed by atoms with Crippen molar-refractivity contribution in [1.29, 1.82) is 5.26 Å². The van der Waals surface area contributed by atoms with E-state index in [0.717, 1.165) is 0 Å². The fourth-order valence-electron chi connectivity index (χ4n) is 3.69. The molecular formula is C16H22F3N3O2. The molecule has 0 aromatic heterocycles. The van der Waals surface area contributed by atoms with Crippen molar-refractivity contribution in [2.45, 2.75) is 52.9 Å². The molecule has 0 unspecified atom stereocenters. The number of rotatable bonds is 2. The van der Waals surface area contributed by atoms with Gasteiger partial charge in [0.1, 0.15) is 12.1 Å². The minimum atomic E-state index is -5.06. The third-order valence-electron chi connectivity index (χ3n) is 5.27. The molecule has 2 rings (SSSR count). The van der Waals surface area contributed by atoms with Crippen LogP contribution >= 0.6 is 0 Å². The van der Waals surface area contributed by atoms with E-state index in [9.17, 15) is 28.0 Å². The average Bonchev–Trinajstić information content (AvgIpc) is 2.81. The molecule has 5 nitrogen and oxygen atoms in total. The van der Waals surface area contributed by atoms with Gasteiger partial charge in [-0.15, -0.1) is 0 Å². The summed E-state index contributed by atoms with van der Waals surface area (Å²) in [5, 5.41) is 11.2. The molecule has 1 N–H and O–H groups in total. The number of alkyl halides is 3. The minimum absolute atomic E-state index is 0.0328. The lowest BCUT2D eigenvalue weighted by Gasteiger charge is -2.36. The van der Waals surface area contributed by atoms with Gasteiger partial charge < -0.3 is 10.2 Å². The van der Waals surface area contributed by atoms with Crippen molar-refractivity contribution in [3.63, 3.8) is 0 Å². The Kier molecular flexibility index (Phi) is 4.15. The molecule has 1 aliphatic heterocycles. The molecule has 8 heteroatoms. The molecule has 0 aromatic carbocycles. The Bertz CT molecular complexity index is 601. The molecule has 24 heavy (non-hydrogen) atoms. The van der Waals surface area contributed by atoms with Gasteiger partial charge in [-0.05, 0) is 16.7 Å². The molecule has 1 heterocycles. The van der Waals surface area contributed by atoms with Crippen LogP contribution in [0.4, 0.5) is 13.2 Å². The van der Waals surface area contributed by atoms with Gasteiger partial charge in [-0.25, -0.2) is 0 Å². The van der Waals surface area contributed by atoms with E-state index in [2.05, 4.69) is 6.07 Å². The second kappa shape index (κ2) is 5.36. The summed E-state index contributed by atoms with van der Waals surface area (Å²) in [6.45, 7) is 9.10. The van der Waals surface area contributed by atoms with Gasteiger partial charge in [0.05, 0.1) is 6.07 Å². The summed E-state index contributed by atoms with van der Waals surface area (Å²) in [4.78, 5) is 25.4. The number of amides is 2. The Hall–Kier alpha value is -1.78. The highest BCUT2D eigenvalue weighted by Gasteiger charge is 2.68. The summed E-state index contributed by atoms with van der Waals surface area (Å²) in [6.07, 6.45) is -5.06. The van der Waals surface area contributed by atoms with Gasteiger partial charge in [0.2, 0.25) is 5.91 Å². The van der Waals surface area contributed by atoms with Crippen molar-refractivity contribution in [2.24, 2.45) is 22.7 Å². The van der Waals surface area contributed by atoms with E-state index in [1.165, 1.54) is 4.90 Å². The largest absolute Gasteiger partial charge is 0.471 e. The van der Waals surface area contributed by atoms with Crippen molar-refractivity contribution in [3.8, 4) is 6.07 Å². The number of nitrogens with zero attached hydrogens (tertiary/aromatic N) is 2. The first-order valence-corrected chi connectivity index (χ1v) is 7.80. The van der Waals surface area contributed by atoms with Crippen LogP contribution in [-0.2, 0) is 9.59 Å². The zero-order valence-corrected chi connectivity index (χ0v) is 14.4. The number of carbonyl (C=O) groups excluding carboxylic acids is 2. The molecule has 0 spiro atoms. The van der Waals surface area contributed by atoms with Gasteiger partial charge in [0, 0.05) is 12.5 Å². The Morgan fingerprint density at radius 3 is 2.25 bits per heavy atom. The number of nitriles is 1. The van der Waals surface area contributed by atoms with Gasteiger partial charge in [-0.2, -0.15) is 18.4 Å². The molecule has 1 aliphatic carbocycles. The third kappa shape index (κ3) is 2.96. The normalized spacial score (nSPS) is 29.5. The van der Waals surface area contributed by atoms with Crippen LogP contribution in [0.15, 0.2) is 0 Å². The topological polar surface area (TPSA) is 73.2 Å². The van der Waals surface area contributed by atoms with Crippen LogP contribution in [0.5, 0.6) is 0 Å². The molecule has 0 bridgehead atoms. The summed E-state index contributed by atoms with van der Waals surface area (Å²) in [5.41, 5.74) is -0.954. The van der Waals surface area contributed by atoms with Crippen LogP contribution in [0.3, 0.4) is 0 Å². The Balaban J connectivity index is 2.21. The minimum Gasteiger partial charge on any atom is -0.336 e. The quantitative estimate of drug-likeness (QED) is 0.833. The van der Waals surface area contributed by atoms with E-state index in [1.807, 2.05) is 13.8 Å². The van der Waals surface area contributed by atoms with Gasteiger partial charge >= 0.3 is 12.1 Å². The van der Waals surface area contributed by atoms with Crippen molar-refractivity contribution in [3.05, 3.63) is 0 Å². The van der Waals surface area contributed by atoms with Gasteiger partial charge in [0.15, 0.2) is 0 Å². The Morgan fingerprint density at radius 2 is 1.83 bits per heavy atom. The monoisotopic (exact) mass is 345 g/mol. The number of halogens is 3. The highest BCUT2D eigenvalue weighted by Crippen LogP contribution is 2.64. The maximum absolute atomic E-state index is 12.8. The lowest BCUT2D eigenvalue weighted by atomic mass is 9.85. The van der Waals surface area contributed by atoms with E-state index >= 15 is 0 Å². The molecule has 1 saturated heterocycles. The van der Waals surface area contributed by atoms with Crippen LogP contribution < -0.4 is 5.32 Å². The fraction of sp³-hybridized carbons (Fsp3) is 0.812. The van der Waals surface area contributed by atoms with Gasteiger partial charge in [-0.3, -0.25) is 9.59 Å². The number of piperidine rings is 1. The van der Waals surface area contributed by atoms with Crippen molar-refractivity contribution < 1.29 is 22.8 Å². The van der Waals surface area contributed by atoms with E-state index < -0.39 is 35.5 Å². The molecule has 2 amide bonds. The second-order valence-corrected chi connectivity index (χ2v) is 8.29. The van der Waals surface area contributed by atoms with Crippen molar-refractivity contribution in [1.82, 2.24) is 10.2 Å². The SMILES string of the molecule is CC(C)(C)[C@H](NC(=O)C(F)(F)F)C(=O)N1C[C@H]2[C@@H]([C@H]1C#N)C2(C)C. The predicted molar refractivity (Wildman–Crippen MR) is 79.3 cm³/mol. The van der Waals surface area contributed by atoms with E-state index in [1.54, 1.807) is 26.1 Å². The lowest BCUT2D eigenvalue weighted by Crippen LogP contribution is -2.58. The molecule has 2 fully saturated rings. The molecule has 2 aliphatic rings. The maximum atomic E-state index is 12.8. The van der Waals surface area contributed by atoms with E-state index in [4.69, 9.17) is 0 Å². The Morgan fingerprint density at radius 1 is 1.29 bits per heavy atom. The fourth-order valence-corrected chi connectivity index (χ4v) is 3.69. The second-order valence-electron chi connectivity index (χ2n) is 8.29.